The van der Waals surface area contributed by atoms with E-state index in [1.165, 1.54) is 11.4 Å². The molecule has 4 nitrogen and oxygen atoms in total. The summed E-state index contributed by atoms with van der Waals surface area (Å²) in [7, 11) is 0. The molecule has 1 aromatic heterocycles. The molecule has 0 fully saturated rings. The van der Waals surface area contributed by atoms with Gasteiger partial charge in [-0.1, -0.05) is 36.4 Å². The van der Waals surface area contributed by atoms with Crippen LogP contribution in [-0.4, -0.2) is 11.1 Å². The van der Waals surface area contributed by atoms with Crippen LogP contribution in [0.2, 0.25) is 0 Å². The Bertz CT molecular complexity index is 789. The van der Waals surface area contributed by atoms with Gasteiger partial charge in [0.15, 0.2) is 0 Å². The van der Waals surface area contributed by atoms with Gasteiger partial charge in [0, 0.05) is 11.9 Å². The Hall–Kier alpha value is -3.01. The first kappa shape index (κ1) is 13.6. The molecule has 3 aromatic rings. The number of benzene rings is 2. The zero-order valence-corrected chi connectivity index (χ0v) is 12.9. The highest BCUT2D eigenvalue weighted by molar-refractivity contribution is 5.84. The molecule has 0 bridgehead atoms. The van der Waals surface area contributed by atoms with Gasteiger partial charge in [0.05, 0.1) is 11.4 Å². The highest BCUT2D eigenvalue weighted by Gasteiger charge is 2.33. The molecule has 0 saturated heterocycles. The molecule has 0 spiro atoms. The molecule has 1 aliphatic heterocycles. The Labute approximate surface area is 136 Å². The third kappa shape index (κ3) is 2.38. The number of hydrazine groups is 1. The SMILES string of the molecule is C[C@@H]1N(Nc2ccccn2)c2ccccc2N1c1ccccc1. The summed E-state index contributed by atoms with van der Waals surface area (Å²) < 4.78 is 0. The molecule has 1 atom stereocenters. The third-order valence-electron chi connectivity index (χ3n) is 4.08. The van der Waals surface area contributed by atoms with Crippen molar-refractivity contribution in [2.24, 2.45) is 0 Å². The predicted octanol–water partition coefficient (Wildman–Crippen LogP) is 4.41. The molecule has 0 unspecified atom stereocenters. The summed E-state index contributed by atoms with van der Waals surface area (Å²) in [5.41, 5.74) is 6.94. The number of pyridine rings is 1. The molecule has 1 N–H and O–H groups in total. The lowest BCUT2D eigenvalue weighted by atomic mass is 10.2. The lowest BCUT2D eigenvalue weighted by molar-refractivity contribution is 0.725. The van der Waals surface area contributed by atoms with E-state index >= 15 is 0 Å². The van der Waals surface area contributed by atoms with E-state index in [0.717, 1.165) is 11.5 Å². The standard InChI is InChI=1S/C19H18N4/c1-15-22(16-9-3-2-4-10-16)17-11-5-6-12-18(17)23(15)21-19-13-7-8-14-20-19/h2-15H,1H3,(H,20,21)/t15-/m0/s1. The second-order valence-electron chi connectivity index (χ2n) is 5.52. The Morgan fingerprint density at radius 2 is 1.52 bits per heavy atom. The van der Waals surface area contributed by atoms with Crippen LogP contribution in [0.1, 0.15) is 6.92 Å². The van der Waals surface area contributed by atoms with Crippen molar-refractivity contribution in [2.45, 2.75) is 13.1 Å². The van der Waals surface area contributed by atoms with Gasteiger partial charge in [0.25, 0.3) is 0 Å². The van der Waals surface area contributed by atoms with Gasteiger partial charge >= 0.3 is 0 Å². The number of nitrogens with zero attached hydrogens (tertiary/aromatic N) is 3. The van der Waals surface area contributed by atoms with Crippen LogP contribution in [0.25, 0.3) is 0 Å². The third-order valence-corrected chi connectivity index (χ3v) is 4.08. The van der Waals surface area contributed by atoms with Crippen LogP contribution in [0.3, 0.4) is 0 Å². The maximum atomic E-state index is 4.38. The highest BCUT2D eigenvalue weighted by Crippen LogP contribution is 2.43. The van der Waals surface area contributed by atoms with E-state index in [0.29, 0.717) is 0 Å². The van der Waals surface area contributed by atoms with Gasteiger partial charge in [-0.15, -0.1) is 0 Å². The van der Waals surface area contributed by atoms with Crippen LogP contribution in [0.4, 0.5) is 22.9 Å². The number of aromatic nitrogens is 1. The number of hydrogen-bond donors (Lipinski definition) is 1. The van der Waals surface area contributed by atoms with Gasteiger partial charge in [0.1, 0.15) is 12.0 Å². The van der Waals surface area contributed by atoms with Crippen LogP contribution >= 0.6 is 0 Å². The van der Waals surface area contributed by atoms with E-state index in [1.54, 1.807) is 6.20 Å². The van der Waals surface area contributed by atoms with Crippen LogP contribution in [-0.2, 0) is 0 Å². The molecular formula is C19H18N4. The predicted molar refractivity (Wildman–Crippen MR) is 94.8 cm³/mol. The monoisotopic (exact) mass is 302 g/mol. The fraction of sp³-hybridized carbons (Fsp3) is 0.105. The highest BCUT2D eigenvalue weighted by atomic mass is 15.6. The normalized spacial score (nSPS) is 16.3. The molecule has 2 aromatic carbocycles. The maximum Gasteiger partial charge on any atom is 0.144 e. The first-order valence-corrected chi connectivity index (χ1v) is 7.75. The molecule has 2 heterocycles. The summed E-state index contributed by atoms with van der Waals surface area (Å²) >= 11 is 0. The van der Waals surface area contributed by atoms with Crippen molar-refractivity contribution in [1.82, 2.24) is 4.98 Å². The van der Waals surface area contributed by atoms with Crippen molar-refractivity contribution in [3.05, 3.63) is 79.0 Å². The van der Waals surface area contributed by atoms with E-state index < -0.39 is 0 Å². The summed E-state index contributed by atoms with van der Waals surface area (Å²) in [5, 5.41) is 2.16. The number of fused-ring (bicyclic) bond motifs is 1. The minimum absolute atomic E-state index is 0.136. The second kappa shape index (κ2) is 5.65. The minimum atomic E-state index is 0.136. The van der Waals surface area contributed by atoms with E-state index in [2.05, 4.69) is 75.8 Å². The van der Waals surface area contributed by atoms with Crippen LogP contribution < -0.4 is 15.3 Å². The largest absolute Gasteiger partial charge is 0.317 e. The smallest absolute Gasteiger partial charge is 0.144 e. The topological polar surface area (TPSA) is 31.4 Å². The molecule has 0 radical (unpaired) electrons. The summed E-state index contributed by atoms with van der Waals surface area (Å²) in [6.07, 6.45) is 1.93. The Balaban J connectivity index is 1.74. The average Bonchev–Trinajstić information content (AvgIpc) is 2.89. The van der Waals surface area contributed by atoms with Crippen LogP contribution in [0.15, 0.2) is 79.0 Å². The molecule has 23 heavy (non-hydrogen) atoms. The van der Waals surface area contributed by atoms with Gasteiger partial charge in [-0.25, -0.2) is 4.98 Å². The van der Waals surface area contributed by atoms with Crippen molar-refractivity contribution in [3.63, 3.8) is 0 Å². The van der Waals surface area contributed by atoms with Crippen molar-refractivity contribution in [2.75, 3.05) is 15.3 Å². The fourth-order valence-corrected chi connectivity index (χ4v) is 3.04. The van der Waals surface area contributed by atoms with Gasteiger partial charge in [0.2, 0.25) is 0 Å². The Morgan fingerprint density at radius 3 is 2.26 bits per heavy atom. The molecular weight excluding hydrogens is 284 g/mol. The number of rotatable bonds is 3. The molecule has 4 rings (SSSR count). The first-order chi connectivity index (χ1) is 11.3. The second-order valence-corrected chi connectivity index (χ2v) is 5.52. The number of hydrogen-bond acceptors (Lipinski definition) is 4. The van der Waals surface area contributed by atoms with Crippen molar-refractivity contribution >= 4 is 22.9 Å². The minimum Gasteiger partial charge on any atom is -0.317 e. The quantitative estimate of drug-likeness (QED) is 0.776. The molecule has 1 aliphatic rings. The zero-order chi connectivity index (χ0) is 15.6. The van der Waals surface area contributed by atoms with E-state index in [9.17, 15) is 0 Å². The van der Waals surface area contributed by atoms with Crippen molar-refractivity contribution in [3.8, 4) is 0 Å². The van der Waals surface area contributed by atoms with Crippen LogP contribution in [0, 0.1) is 0 Å². The number of anilines is 4. The number of para-hydroxylation sites is 3. The zero-order valence-electron chi connectivity index (χ0n) is 12.9. The van der Waals surface area contributed by atoms with Gasteiger partial charge in [-0.2, -0.15) is 0 Å². The van der Waals surface area contributed by atoms with E-state index in [4.69, 9.17) is 0 Å². The summed E-state index contributed by atoms with van der Waals surface area (Å²) in [5.74, 6) is 0.837. The molecule has 0 saturated carbocycles. The van der Waals surface area contributed by atoms with Gasteiger partial charge in [-0.05, 0) is 43.3 Å². The molecule has 114 valence electrons. The van der Waals surface area contributed by atoms with E-state index in [-0.39, 0.29) is 6.17 Å². The van der Waals surface area contributed by atoms with Crippen LogP contribution in [0.5, 0.6) is 0 Å². The first-order valence-electron chi connectivity index (χ1n) is 7.75. The summed E-state index contributed by atoms with van der Waals surface area (Å²) in [4.78, 5) is 6.70. The number of nitrogens with one attached hydrogen (secondary N) is 1. The lowest BCUT2D eigenvalue weighted by Gasteiger charge is -2.30. The van der Waals surface area contributed by atoms with Gasteiger partial charge < -0.3 is 4.90 Å². The Morgan fingerprint density at radius 1 is 0.826 bits per heavy atom. The summed E-state index contributed by atoms with van der Waals surface area (Å²) in [6, 6.07) is 24.7. The Kier molecular flexibility index (Phi) is 3.35. The molecule has 4 heteroatoms. The van der Waals surface area contributed by atoms with Crippen molar-refractivity contribution < 1.29 is 0 Å². The van der Waals surface area contributed by atoms with Gasteiger partial charge in [-0.3, -0.25) is 10.4 Å². The summed E-state index contributed by atoms with van der Waals surface area (Å²) in [6.45, 7) is 2.18. The maximum absolute atomic E-state index is 4.38. The van der Waals surface area contributed by atoms with Crippen molar-refractivity contribution in [1.29, 1.82) is 0 Å². The lowest BCUT2D eigenvalue weighted by Crippen LogP contribution is -2.42. The molecule has 0 aliphatic carbocycles. The molecule has 0 amide bonds. The fourth-order valence-electron chi connectivity index (χ4n) is 3.04. The van der Waals surface area contributed by atoms with E-state index in [1.807, 2.05) is 24.3 Å². The average molecular weight is 302 g/mol.